The summed E-state index contributed by atoms with van der Waals surface area (Å²) in [6, 6.07) is 7.70. The first kappa shape index (κ1) is 17.5. The quantitative estimate of drug-likeness (QED) is 0.790. The van der Waals surface area contributed by atoms with Gasteiger partial charge in [0, 0.05) is 11.6 Å². The summed E-state index contributed by atoms with van der Waals surface area (Å²) >= 11 is 0. The van der Waals surface area contributed by atoms with Crippen LogP contribution in [0.15, 0.2) is 24.3 Å². The minimum absolute atomic E-state index is 0.0203. The maximum Gasteiger partial charge on any atom is 0.255 e. The van der Waals surface area contributed by atoms with E-state index >= 15 is 0 Å². The minimum Gasteiger partial charge on any atom is -0.323 e. The molecule has 1 unspecified atom stereocenters. The van der Waals surface area contributed by atoms with Gasteiger partial charge in [0.15, 0.2) is 6.10 Å². The average molecular weight is 318 g/mol. The highest BCUT2D eigenvalue weighted by molar-refractivity contribution is 5.94. The van der Waals surface area contributed by atoms with E-state index in [-0.39, 0.29) is 17.7 Å². The first-order valence-corrected chi connectivity index (χ1v) is 8.34. The Labute approximate surface area is 137 Å². The van der Waals surface area contributed by atoms with Crippen molar-refractivity contribution < 1.29 is 14.4 Å². The molecule has 1 atom stereocenters. The molecule has 2 N–H and O–H groups in total. The zero-order chi connectivity index (χ0) is 16.8. The number of hydrogen-bond donors (Lipinski definition) is 2. The number of anilines is 1. The van der Waals surface area contributed by atoms with Crippen molar-refractivity contribution in [1.82, 2.24) is 5.48 Å². The predicted octanol–water partition coefficient (Wildman–Crippen LogP) is 3.38. The Morgan fingerprint density at radius 3 is 2.43 bits per heavy atom. The smallest absolute Gasteiger partial charge is 0.255 e. The van der Waals surface area contributed by atoms with Crippen LogP contribution in [0, 0.1) is 5.92 Å². The normalized spacial score (nSPS) is 16.3. The lowest BCUT2D eigenvalue weighted by molar-refractivity contribution is -0.147. The molecule has 1 fully saturated rings. The molecule has 0 aliphatic heterocycles. The van der Waals surface area contributed by atoms with Crippen LogP contribution < -0.4 is 10.8 Å². The molecule has 23 heavy (non-hydrogen) atoms. The summed E-state index contributed by atoms with van der Waals surface area (Å²) in [5, 5.41) is 2.87. The van der Waals surface area contributed by atoms with Crippen molar-refractivity contribution in [3.63, 3.8) is 0 Å². The summed E-state index contributed by atoms with van der Waals surface area (Å²) in [7, 11) is 0. The van der Waals surface area contributed by atoms with Crippen molar-refractivity contribution in [2.45, 2.75) is 58.5 Å². The number of para-hydroxylation sites is 1. The van der Waals surface area contributed by atoms with Gasteiger partial charge in [-0.1, -0.05) is 44.9 Å². The van der Waals surface area contributed by atoms with E-state index in [1.54, 1.807) is 6.92 Å². The van der Waals surface area contributed by atoms with Crippen LogP contribution in [0.1, 0.15) is 57.9 Å². The van der Waals surface area contributed by atoms with Crippen molar-refractivity contribution in [3.05, 3.63) is 29.8 Å². The van der Waals surface area contributed by atoms with E-state index in [1.807, 2.05) is 24.3 Å². The van der Waals surface area contributed by atoms with Gasteiger partial charge in [-0.2, -0.15) is 0 Å². The lowest BCUT2D eigenvalue weighted by Gasteiger charge is -2.17. The Hall–Kier alpha value is -1.88. The summed E-state index contributed by atoms with van der Waals surface area (Å²) in [4.78, 5) is 29.4. The Morgan fingerprint density at radius 2 is 1.78 bits per heavy atom. The van der Waals surface area contributed by atoms with Crippen molar-refractivity contribution in [1.29, 1.82) is 0 Å². The van der Waals surface area contributed by atoms with Gasteiger partial charge in [0.25, 0.3) is 5.91 Å². The van der Waals surface area contributed by atoms with E-state index in [9.17, 15) is 9.59 Å². The zero-order valence-electron chi connectivity index (χ0n) is 14.1. The molecule has 126 valence electrons. The molecule has 2 rings (SSSR count). The third-order valence-corrected chi connectivity index (χ3v) is 4.27. The number of amides is 2. The Kier molecular flexibility index (Phi) is 6.16. The fourth-order valence-corrected chi connectivity index (χ4v) is 2.82. The van der Waals surface area contributed by atoms with Crippen LogP contribution in [-0.2, 0) is 14.4 Å². The predicted molar refractivity (Wildman–Crippen MR) is 89.8 cm³/mol. The average Bonchev–Trinajstić information content (AvgIpc) is 3.07. The van der Waals surface area contributed by atoms with Gasteiger partial charge in [-0.3, -0.25) is 14.4 Å². The molecule has 1 aliphatic rings. The highest BCUT2D eigenvalue weighted by atomic mass is 16.7. The minimum atomic E-state index is -0.749. The molecule has 1 aliphatic carbocycles. The van der Waals surface area contributed by atoms with E-state index in [2.05, 4.69) is 24.6 Å². The molecular weight excluding hydrogens is 292 g/mol. The topological polar surface area (TPSA) is 67.4 Å². The third-order valence-electron chi connectivity index (χ3n) is 4.27. The van der Waals surface area contributed by atoms with Gasteiger partial charge in [0.1, 0.15) is 0 Å². The Morgan fingerprint density at radius 1 is 1.13 bits per heavy atom. The molecule has 0 spiro atoms. The van der Waals surface area contributed by atoms with E-state index in [4.69, 9.17) is 4.84 Å². The number of hydrogen-bond acceptors (Lipinski definition) is 3. The van der Waals surface area contributed by atoms with Gasteiger partial charge in [0.05, 0.1) is 0 Å². The maximum atomic E-state index is 12.2. The molecule has 2 amide bonds. The number of benzene rings is 1. The number of carbonyl (C=O) groups is 2. The SMILES string of the molecule is CC(ONC(=O)C1CCCC1)C(=O)Nc1ccccc1C(C)C. The summed E-state index contributed by atoms with van der Waals surface area (Å²) in [6.07, 6.45) is 3.22. The maximum absolute atomic E-state index is 12.2. The number of rotatable bonds is 6. The lowest BCUT2D eigenvalue weighted by Crippen LogP contribution is -2.37. The van der Waals surface area contributed by atoms with E-state index in [1.165, 1.54) is 0 Å². The summed E-state index contributed by atoms with van der Waals surface area (Å²) in [6.45, 7) is 5.78. The first-order chi connectivity index (χ1) is 11.0. The van der Waals surface area contributed by atoms with Crippen molar-refractivity contribution in [2.24, 2.45) is 5.92 Å². The second kappa shape index (κ2) is 8.11. The van der Waals surface area contributed by atoms with Crippen LogP contribution in [0.25, 0.3) is 0 Å². The van der Waals surface area contributed by atoms with Crippen LogP contribution in [0.4, 0.5) is 5.69 Å². The zero-order valence-corrected chi connectivity index (χ0v) is 14.1. The molecule has 1 aromatic rings. The molecule has 0 saturated heterocycles. The van der Waals surface area contributed by atoms with Crippen molar-refractivity contribution in [3.8, 4) is 0 Å². The Balaban J connectivity index is 1.86. The number of hydroxylamine groups is 1. The standard InChI is InChI=1S/C18H26N2O3/c1-12(2)15-10-6-7-11-16(15)19-17(21)13(3)23-20-18(22)14-8-4-5-9-14/h6-7,10-14H,4-5,8-9H2,1-3H3,(H,19,21)(H,20,22). The van der Waals surface area contributed by atoms with Gasteiger partial charge < -0.3 is 5.32 Å². The first-order valence-electron chi connectivity index (χ1n) is 8.34. The highest BCUT2D eigenvalue weighted by Gasteiger charge is 2.24. The van der Waals surface area contributed by atoms with Crippen LogP contribution >= 0.6 is 0 Å². The Bertz CT molecular complexity index is 551. The molecule has 0 radical (unpaired) electrons. The molecule has 1 aromatic carbocycles. The van der Waals surface area contributed by atoms with Crippen molar-refractivity contribution >= 4 is 17.5 Å². The van der Waals surface area contributed by atoms with Crippen LogP contribution in [0.2, 0.25) is 0 Å². The van der Waals surface area contributed by atoms with E-state index in [0.717, 1.165) is 36.9 Å². The van der Waals surface area contributed by atoms with Crippen LogP contribution in [0.5, 0.6) is 0 Å². The molecule has 0 aromatic heterocycles. The summed E-state index contributed by atoms with van der Waals surface area (Å²) in [5.41, 5.74) is 4.28. The monoisotopic (exact) mass is 318 g/mol. The van der Waals surface area contributed by atoms with E-state index in [0.29, 0.717) is 5.92 Å². The second-order valence-electron chi connectivity index (χ2n) is 6.44. The van der Waals surface area contributed by atoms with Gasteiger partial charge in [0.2, 0.25) is 5.91 Å². The van der Waals surface area contributed by atoms with E-state index < -0.39 is 6.10 Å². The van der Waals surface area contributed by atoms with Crippen molar-refractivity contribution in [2.75, 3.05) is 5.32 Å². The van der Waals surface area contributed by atoms with Gasteiger partial charge in [-0.25, -0.2) is 5.48 Å². The van der Waals surface area contributed by atoms with Gasteiger partial charge >= 0.3 is 0 Å². The van der Waals surface area contributed by atoms with Gasteiger partial charge in [-0.05, 0) is 37.3 Å². The molecule has 0 bridgehead atoms. The second-order valence-corrected chi connectivity index (χ2v) is 6.44. The molecular formula is C18H26N2O3. The fourth-order valence-electron chi connectivity index (χ4n) is 2.82. The summed E-state index contributed by atoms with van der Waals surface area (Å²) in [5.74, 6) is -0.0636. The molecule has 1 saturated carbocycles. The number of carbonyl (C=O) groups excluding carboxylic acids is 2. The highest BCUT2D eigenvalue weighted by Crippen LogP contribution is 2.25. The van der Waals surface area contributed by atoms with Gasteiger partial charge in [-0.15, -0.1) is 0 Å². The molecule has 0 heterocycles. The summed E-state index contributed by atoms with van der Waals surface area (Å²) < 4.78 is 0. The van der Waals surface area contributed by atoms with Crippen LogP contribution in [0.3, 0.4) is 0 Å². The fraction of sp³-hybridized carbons (Fsp3) is 0.556. The van der Waals surface area contributed by atoms with Crippen LogP contribution in [-0.4, -0.2) is 17.9 Å². The molecule has 5 nitrogen and oxygen atoms in total. The lowest BCUT2D eigenvalue weighted by atomic mass is 10.0. The molecule has 5 heteroatoms. The number of nitrogens with one attached hydrogen (secondary N) is 2. The third kappa shape index (κ3) is 4.79. The largest absolute Gasteiger partial charge is 0.323 e.